The lowest BCUT2D eigenvalue weighted by molar-refractivity contribution is 1.06. The molecule has 0 aliphatic rings. The molecule has 11 heterocycles. The first-order valence-electron chi connectivity index (χ1n) is 42.7. The topological polar surface area (TPSA) is 155 Å². The van der Waals surface area contributed by atoms with E-state index in [2.05, 4.69) is 289 Å². The van der Waals surface area contributed by atoms with Crippen LogP contribution in [0, 0.1) is 0 Å². The molecule has 0 aliphatic heterocycles. The van der Waals surface area contributed by atoms with Gasteiger partial charge in [0, 0.05) is 189 Å². The molecular formula is C114H66N12S3. The number of thiophene rings is 3. The van der Waals surface area contributed by atoms with Crippen LogP contribution < -0.4 is 0 Å². The number of pyridine rings is 6. The Hall–Kier alpha value is -16.6. The van der Waals surface area contributed by atoms with E-state index >= 15 is 0 Å². The Morgan fingerprint density at radius 3 is 0.721 bits per heavy atom. The van der Waals surface area contributed by atoms with E-state index in [1.807, 2.05) is 131 Å². The molecule has 0 bridgehead atoms. The van der Waals surface area contributed by atoms with Crippen molar-refractivity contribution in [3.63, 3.8) is 0 Å². The molecule has 0 aliphatic carbocycles. The van der Waals surface area contributed by atoms with Gasteiger partial charge in [-0.25, -0.2) is 49.8 Å². The molecule has 0 atom stereocenters. The predicted molar refractivity (Wildman–Crippen MR) is 538 cm³/mol. The summed E-state index contributed by atoms with van der Waals surface area (Å²) in [5.74, 6) is 3.46. The van der Waals surface area contributed by atoms with Crippen LogP contribution in [-0.2, 0) is 0 Å². The molecule has 0 amide bonds. The third-order valence-electron chi connectivity index (χ3n) is 24.4. The summed E-state index contributed by atoms with van der Waals surface area (Å²) in [6, 6.07) is 131. The van der Waals surface area contributed by atoms with E-state index in [4.69, 9.17) is 49.8 Å². The third kappa shape index (κ3) is 12.8. The van der Waals surface area contributed by atoms with Crippen LogP contribution in [-0.4, -0.2) is 59.8 Å². The molecule has 129 heavy (non-hydrogen) atoms. The van der Waals surface area contributed by atoms with Gasteiger partial charge in [-0.15, -0.1) is 34.0 Å². The highest BCUT2D eigenvalue weighted by Crippen LogP contribution is 2.52. The van der Waals surface area contributed by atoms with E-state index in [0.717, 1.165) is 127 Å². The lowest BCUT2D eigenvalue weighted by Gasteiger charge is -2.15. The maximum absolute atomic E-state index is 5.58. The molecule has 12 nitrogen and oxygen atoms in total. The first-order valence-corrected chi connectivity index (χ1v) is 45.2. The van der Waals surface area contributed by atoms with Gasteiger partial charge in [0.1, 0.15) is 11.4 Å². The summed E-state index contributed by atoms with van der Waals surface area (Å²) in [5.41, 5.74) is 14.1. The van der Waals surface area contributed by atoms with Crippen LogP contribution in [0.15, 0.2) is 401 Å². The fourth-order valence-electron chi connectivity index (χ4n) is 18.6. The maximum atomic E-state index is 5.58. The average molecular weight is 1700 g/mol. The highest BCUT2D eigenvalue weighted by Gasteiger charge is 2.27. The number of benzene rings is 16. The summed E-state index contributed by atoms with van der Waals surface area (Å²) in [6.07, 6.45) is 6.99. The largest absolute Gasteiger partial charge is 0.265 e. The summed E-state index contributed by atoms with van der Waals surface area (Å²) in [7, 11) is 0. The zero-order valence-corrected chi connectivity index (χ0v) is 71.1. The van der Waals surface area contributed by atoms with Crippen molar-refractivity contribution >= 4 is 192 Å². The fraction of sp³-hybridized carbons (Fsp3) is 0. The Morgan fingerprint density at radius 1 is 0.155 bits per heavy atom. The van der Waals surface area contributed by atoms with Crippen molar-refractivity contribution in [3.8, 4) is 102 Å². The lowest BCUT2D eigenvalue weighted by Crippen LogP contribution is -2.02. The zero-order valence-electron chi connectivity index (χ0n) is 68.7. The van der Waals surface area contributed by atoms with E-state index in [9.17, 15) is 0 Å². The molecular weight excluding hydrogens is 1630 g/mol. The monoisotopic (exact) mass is 1700 g/mol. The molecule has 0 saturated carbocycles. The minimum absolute atomic E-state index is 0.520. The van der Waals surface area contributed by atoms with Gasteiger partial charge in [-0.3, -0.25) is 9.97 Å². The van der Waals surface area contributed by atoms with Crippen molar-refractivity contribution in [2.24, 2.45) is 0 Å². The molecule has 27 rings (SSSR count). The van der Waals surface area contributed by atoms with Gasteiger partial charge in [0.25, 0.3) is 0 Å². The second-order valence-corrected chi connectivity index (χ2v) is 35.1. The van der Waals surface area contributed by atoms with E-state index in [0.29, 0.717) is 34.9 Å². The highest BCUT2D eigenvalue weighted by molar-refractivity contribution is 7.28. The number of hydrogen-bond acceptors (Lipinski definition) is 15. The van der Waals surface area contributed by atoms with Gasteiger partial charge in [0.15, 0.2) is 34.9 Å². The maximum Gasteiger partial charge on any atom is 0.183 e. The summed E-state index contributed by atoms with van der Waals surface area (Å²) >= 11 is 5.58. The second kappa shape index (κ2) is 31.3. The average Bonchev–Trinajstić information content (AvgIpc) is 1.61. The van der Waals surface area contributed by atoms with Crippen LogP contribution in [0.2, 0.25) is 0 Å². The van der Waals surface area contributed by atoms with E-state index in [1.165, 1.54) is 98.2 Å². The Morgan fingerprint density at radius 2 is 0.395 bits per heavy atom. The number of hydrogen-bond donors (Lipinski definition) is 0. The number of fused-ring (bicyclic) bond motifs is 30. The molecule has 0 unspecified atom stereocenters. The minimum atomic E-state index is 0.520. The second-order valence-electron chi connectivity index (χ2n) is 31.9. The van der Waals surface area contributed by atoms with Gasteiger partial charge < -0.3 is 0 Å². The molecule has 0 N–H and O–H groups in total. The van der Waals surface area contributed by atoms with Crippen molar-refractivity contribution in [1.82, 2.24) is 59.8 Å². The Bertz CT molecular complexity index is 8180. The van der Waals surface area contributed by atoms with E-state index in [1.54, 1.807) is 24.8 Å². The molecule has 16 aromatic carbocycles. The molecule has 27 aromatic rings. The van der Waals surface area contributed by atoms with Crippen LogP contribution in [0.1, 0.15) is 0 Å². The smallest absolute Gasteiger partial charge is 0.183 e. The van der Waals surface area contributed by atoms with Crippen molar-refractivity contribution in [3.05, 3.63) is 401 Å². The first-order chi connectivity index (χ1) is 64.0. The minimum Gasteiger partial charge on any atom is -0.265 e. The van der Waals surface area contributed by atoms with Crippen molar-refractivity contribution in [2.45, 2.75) is 0 Å². The Balaban J connectivity index is 0.000000105. The van der Waals surface area contributed by atoms with Crippen LogP contribution in [0.3, 0.4) is 0 Å². The summed E-state index contributed by atoms with van der Waals surface area (Å²) in [4.78, 5) is 59.9. The summed E-state index contributed by atoms with van der Waals surface area (Å²) in [5, 5.41) is 24.9. The molecule has 0 fully saturated rings. The van der Waals surface area contributed by atoms with Crippen molar-refractivity contribution in [1.29, 1.82) is 0 Å². The normalized spacial score (nSPS) is 11.7. The van der Waals surface area contributed by atoms with Gasteiger partial charge in [-0.1, -0.05) is 322 Å². The van der Waals surface area contributed by atoms with Gasteiger partial charge in [-0.2, -0.15) is 0 Å². The fourth-order valence-corrected chi connectivity index (χ4v) is 22.4. The number of rotatable bonds is 9. The lowest BCUT2D eigenvalue weighted by atomic mass is 9.93. The van der Waals surface area contributed by atoms with E-state index < -0.39 is 0 Å². The van der Waals surface area contributed by atoms with Gasteiger partial charge in [0.2, 0.25) is 0 Å². The molecule has 0 saturated heterocycles. The Kier molecular flexibility index (Phi) is 18.2. The molecule has 15 heteroatoms. The van der Waals surface area contributed by atoms with Crippen molar-refractivity contribution < 1.29 is 0 Å². The zero-order chi connectivity index (χ0) is 85.0. The van der Waals surface area contributed by atoms with Crippen LogP contribution in [0.4, 0.5) is 0 Å². The standard InChI is InChI=1S/C40H24N2S.C38H22N4S.C36H20N6S/c1-3-13-25(14-4-1)33-23-27(24-34(41-33)26-15-5-2-6-16-26)38-29-18-8-7-17-28(29)36-37-32-21-11-12-22-35(32)43-40(37)31-20-10-9-19-30(31)39(36)42-38;1-3-13-23(14-4-1)36-40-37(24-15-5-2-6-16-24)42-38(41-36)34-26-18-8-7-17-25(26)31-32-29-21-11-12-22-30(29)43-35(32)28-20-10-9-19-27(28)33(31)39-34;1-2-8-24-23(7-1)29-30-27-11-5-6-12-28(27)43-33(30)26-10-4-3-9-25(26)31(29)39-32(24)36-41-34(21-13-17-37-18-14-21)40-35(42-36)22-15-19-38-20-16-22/h1-24H;1-22H;1-20H. The highest BCUT2D eigenvalue weighted by atomic mass is 32.1. The van der Waals surface area contributed by atoms with Gasteiger partial charge in [-0.05, 0) is 70.8 Å². The summed E-state index contributed by atoms with van der Waals surface area (Å²) < 4.78 is 7.75. The third-order valence-corrected chi connectivity index (χ3v) is 28.0. The molecule has 0 spiro atoms. The van der Waals surface area contributed by atoms with Crippen molar-refractivity contribution in [2.75, 3.05) is 0 Å². The quantitative estimate of drug-likeness (QED) is 0.126. The summed E-state index contributed by atoms with van der Waals surface area (Å²) in [6.45, 7) is 0. The van der Waals surface area contributed by atoms with Gasteiger partial charge >= 0.3 is 0 Å². The van der Waals surface area contributed by atoms with E-state index in [-0.39, 0.29) is 0 Å². The first kappa shape index (κ1) is 75.0. The number of nitrogens with zero attached hydrogens (tertiary/aromatic N) is 12. The molecule has 11 aromatic heterocycles. The SMILES string of the molecule is c1ccc(-c2cc(-c3nc4c5ccccc5c5sc6ccccc6c5c4c4ccccc34)cc(-c3ccccc3)n2)cc1.c1ccc(-c2nc(-c3ccccc3)nc(-c3nc4c5ccccc5c5sc6ccccc6c5c4c4ccccc34)n2)cc1.c1ccc2c(c1)sc1c3ccccc3c3nc(-c4nc(-c5ccncc5)nc(-c5ccncc5)n4)c4ccccc4c3c21. The Labute approximate surface area is 749 Å². The van der Waals surface area contributed by atoms with Crippen LogP contribution >= 0.6 is 34.0 Å². The molecule has 600 valence electrons. The predicted octanol–water partition coefficient (Wildman–Crippen LogP) is 30.3. The van der Waals surface area contributed by atoms with Gasteiger partial charge in [0.05, 0.1) is 33.6 Å². The molecule has 0 radical (unpaired) electrons. The van der Waals surface area contributed by atoms with Crippen LogP contribution in [0.25, 0.3) is 260 Å². The van der Waals surface area contributed by atoms with Crippen LogP contribution in [0.5, 0.6) is 0 Å². The number of aromatic nitrogens is 12.